The second kappa shape index (κ2) is 7.10. The minimum absolute atomic E-state index is 0.319. The van der Waals surface area contributed by atoms with Gasteiger partial charge in [-0.3, -0.25) is 4.79 Å². The van der Waals surface area contributed by atoms with Crippen LogP contribution >= 0.6 is 0 Å². The van der Waals surface area contributed by atoms with Gasteiger partial charge in [0.2, 0.25) is 5.91 Å². The van der Waals surface area contributed by atoms with Crippen LogP contribution in [0.3, 0.4) is 0 Å². The first-order valence-electron chi connectivity index (χ1n) is 4.57. The maximum atomic E-state index is 11.1. The van der Waals surface area contributed by atoms with Gasteiger partial charge in [-0.1, -0.05) is 6.92 Å². The van der Waals surface area contributed by atoms with Crippen LogP contribution in [0.4, 0.5) is 0 Å². The first kappa shape index (κ1) is 11.4. The van der Waals surface area contributed by atoms with Gasteiger partial charge in [0, 0.05) is 26.6 Å². The van der Waals surface area contributed by atoms with Crippen molar-refractivity contribution in [2.75, 3.05) is 20.2 Å². The molecule has 1 heterocycles. The summed E-state index contributed by atoms with van der Waals surface area (Å²) >= 11 is 0. The van der Waals surface area contributed by atoms with Crippen LogP contribution in [0.25, 0.3) is 0 Å². The predicted octanol–water partition coefficient (Wildman–Crippen LogP) is 1.02. The lowest BCUT2D eigenvalue weighted by molar-refractivity contribution is -0.131. The molecule has 0 aliphatic carbocycles. The average Bonchev–Trinajstić information content (AvgIpc) is 2.21. The fourth-order valence-corrected chi connectivity index (χ4v) is 1.37. The molecule has 0 saturated carbocycles. The number of aliphatic hydroxyl groups excluding tert-OH is 1. The van der Waals surface area contributed by atoms with Crippen LogP contribution in [-0.2, 0) is 4.79 Å². The zero-order chi connectivity index (χ0) is 9.40. The molecule has 0 aromatic heterocycles. The van der Waals surface area contributed by atoms with Gasteiger partial charge in [-0.25, -0.2) is 0 Å². The van der Waals surface area contributed by atoms with Crippen molar-refractivity contribution < 1.29 is 9.90 Å². The minimum atomic E-state index is 0.319. The molecule has 1 aliphatic rings. The SMILES string of the molecule is CCC(=O)N1CCCCC1.CO. The number of likely N-dealkylation sites (tertiary alicyclic amines) is 1. The van der Waals surface area contributed by atoms with E-state index in [1.165, 1.54) is 19.3 Å². The fraction of sp³-hybridized carbons (Fsp3) is 0.889. The summed E-state index contributed by atoms with van der Waals surface area (Å²) in [5, 5.41) is 7.00. The molecule has 1 aliphatic heterocycles. The second-order valence-electron chi connectivity index (χ2n) is 2.80. The number of carbonyl (C=O) groups is 1. The lowest BCUT2D eigenvalue weighted by Gasteiger charge is -2.26. The van der Waals surface area contributed by atoms with Crippen molar-refractivity contribution in [2.24, 2.45) is 0 Å². The summed E-state index contributed by atoms with van der Waals surface area (Å²) in [6.07, 6.45) is 4.37. The number of carbonyl (C=O) groups excluding carboxylic acids is 1. The van der Waals surface area contributed by atoms with Crippen molar-refractivity contribution in [3.8, 4) is 0 Å². The highest BCUT2D eigenvalue weighted by Crippen LogP contribution is 2.09. The van der Waals surface area contributed by atoms with Crippen LogP contribution in [0, 0.1) is 0 Å². The van der Waals surface area contributed by atoms with E-state index in [2.05, 4.69) is 0 Å². The molecule has 12 heavy (non-hydrogen) atoms. The van der Waals surface area contributed by atoms with E-state index in [-0.39, 0.29) is 0 Å². The van der Waals surface area contributed by atoms with Crippen LogP contribution in [0.5, 0.6) is 0 Å². The van der Waals surface area contributed by atoms with E-state index in [0.717, 1.165) is 20.2 Å². The van der Waals surface area contributed by atoms with Gasteiger partial charge in [0.1, 0.15) is 0 Å². The summed E-state index contributed by atoms with van der Waals surface area (Å²) in [4.78, 5) is 13.1. The number of piperidine rings is 1. The van der Waals surface area contributed by atoms with E-state index in [1.807, 2.05) is 11.8 Å². The smallest absolute Gasteiger partial charge is 0.222 e. The Balaban J connectivity index is 0.000000561. The summed E-state index contributed by atoms with van der Waals surface area (Å²) < 4.78 is 0. The highest BCUT2D eigenvalue weighted by Gasteiger charge is 2.13. The Labute approximate surface area is 74.4 Å². The highest BCUT2D eigenvalue weighted by molar-refractivity contribution is 5.75. The Morgan fingerprint density at radius 3 is 2.17 bits per heavy atom. The van der Waals surface area contributed by atoms with Crippen molar-refractivity contribution in [3.05, 3.63) is 0 Å². The molecule has 0 bridgehead atoms. The molecule has 72 valence electrons. The first-order chi connectivity index (χ1) is 5.84. The molecule has 1 amide bonds. The summed E-state index contributed by atoms with van der Waals surface area (Å²) in [7, 11) is 1.00. The molecule has 0 radical (unpaired) electrons. The summed E-state index contributed by atoms with van der Waals surface area (Å²) in [6, 6.07) is 0. The van der Waals surface area contributed by atoms with Gasteiger partial charge in [0.05, 0.1) is 0 Å². The summed E-state index contributed by atoms with van der Waals surface area (Å²) in [5.41, 5.74) is 0. The standard InChI is InChI=1S/C8H15NO.CH4O/c1-2-8(10)9-6-4-3-5-7-9;1-2/h2-7H2,1H3;2H,1H3. The van der Waals surface area contributed by atoms with Crippen molar-refractivity contribution in [1.82, 2.24) is 4.90 Å². The fourth-order valence-electron chi connectivity index (χ4n) is 1.37. The molecule has 1 N–H and O–H groups in total. The van der Waals surface area contributed by atoms with Crippen LogP contribution in [0.2, 0.25) is 0 Å². The summed E-state index contributed by atoms with van der Waals surface area (Å²) in [6.45, 7) is 3.91. The second-order valence-corrected chi connectivity index (χ2v) is 2.80. The third kappa shape index (κ3) is 3.72. The number of amides is 1. The molecule has 0 spiro atoms. The molecular formula is C9H19NO2. The Hall–Kier alpha value is -0.570. The van der Waals surface area contributed by atoms with Gasteiger partial charge in [0.25, 0.3) is 0 Å². The quantitative estimate of drug-likeness (QED) is 0.643. The van der Waals surface area contributed by atoms with Crippen LogP contribution in [0.15, 0.2) is 0 Å². The van der Waals surface area contributed by atoms with Gasteiger partial charge in [0.15, 0.2) is 0 Å². The first-order valence-corrected chi connectivity index (χ1v) is 4.57. The van der Waals surface area contributed by atoms with E-state index in [9.17, 15) is 4.79 Å². The molecule has 0 unspecified atom stereocenters. The monoisotopic (exact) mass is 173 g/mol. The number of hydrogen-bond acceptors (Lipinski definition) is 2. The van der Waals surface area contributed by atoms with Crippen molar-refractivity contribution >= 4 is 5.91 Å². The summed E-state index contributed by atoms with van der Waals surface area (Å²) in [5.74, 6) is 0.319. The zero-order valence-electron chi connectivity index (χ0n) is 8.05. The van der Waals surface area contributed by atoms with Gasteiger partial charge < -0.3 is 10.0 Å². The van der Waals surface area contributed by atoms with E-state index in [4.69, 9.17) is 5.11 Å². The van der Waals surface area contributed by atoms with Gasteiger partial charge in [-0.05, 0) is 19.3 Å². The van der Waals surface area contributed by atoms with E-state index >= 15 is 0 Å². The molecule has 0 aromatic carbocycles. The Kier molecular flexibility index (Phi) is 6.76. The lowest BCUT2D eigenvalue weighted by Crippen LogP contribution is -2.34. The molecular weight excluding hydrogens is 154 g/mol. The molecule has 3 heteroatoms. The average molecular weight is 173 g/mol. The van der Waals surface area contributed by atoms with Crippen LogP contribution < -0.4 is 0 Å². The lowest BCUT2D eigenvalue weighted by atomic mass is 10.1. The molecule has 3 nitrogen and oxygen atoms in total. The van der Waals surface area contributed by atoms with E-state index < -0.39 is 0 Å². The number of aliphatic hydroxyl groups is 1. The number of nitrogens with zero attached hydrogens (tertiary/aromatic N) is 1. The highest BCUT2D eigenvalue weighted by atomic mass is 16.2. The Bertz CT molecular complexity index is 120. The van der Waals surface area contributed by atoms with Crippen molar-refractivity contribution in [3.63, 3.8) is 0 Å². The third-order valence-corrected chi connectivity index (χ3v) is 2.01. The van der Waals surface area contributed by atoms with Crippen molar-refractivity contribution in [1.29, 1.82) is 0 Å². The number of rotatable bonds is 1. The van der Waals surface area contributed by atoms with Gasteiger partial charge >= 0.3 is 0 Å². The molecule has 1 saturated heterocycles. The topological polar surface area (TPSA) is 40.5 Å². The molecule has 0 atom stereocenters. The molecule has 1 rings (SSSR count). The van der Waals surface area contributed by atoms with E-state index in [1.54, 1.807) is 0 Å². The van der Waals surface area contributed by atoms with Crippen LogP contribution in [-0.4, -0.2) is 36.1 Å². The van der Waals surface area contributed by atoms with Crippen LogP contribution in [0.1, 0.15) is 32.6 Å². The van der Waals surface area contributed by atoms with Crippen molar-refractivity contribution in [2.45, 2.75) is 32.6 Å². The maximum Gasteiger partial charge on any atom is 0.222 e. The molecule has 0 aromatic rings. The third-order valence-electron chi connectivity index (χ3n) is 2.01. The van der Waals surface area contributed by atoms with Gasteiger partial charge in [-0.2, -0.15) is 0 Å². The Morgan fingerprint density at radius 1 is 1.25 bits per heavy atom. The maximum absolute atomic E-state index is 11.1. The zero-order valence-corrected chi connectivity index (χ0v) is 8.05. The largest absolute Gasteiger partial charge is 0.400 e. The predicted molar refractivity (Wildman–Crippen MR) is 48.9 cm³/mol. The molecule has 1 fully saturated rings. The minimum Gasteiger partial charge on any atom is -0.400 e. The Morgan fingerprint density at radius 2 is 1.75 bits per heavy atom. The van der Waals surface area contributed by atoms with E-state index in [0.29, 0.717) is 12.3 Å². The normalized spacial score (nSPS) is 16.4. The van der Waals surface area contributed by atoms with Gasteiger partial charge in [-0.15, -0.1) is 0 Å². The number of hydrogen-bond donors (Lipinski definition) is 1.